The highest BCUT2D eigenvalue weighted by Crippen LogP contribution is 2.33. The first kappa shape index (κ1) is 14.2. The number of aromatic nitrogens is 1. The van der Waals surface area contributed by atoms with E-state index in [2.05, 4.69) is 16.0 Å². The lowest BCUT2D eigenvalue weighted by Crippen LogP contribution is -2.24. The molecule has 1 aromatic carbocycles. The van der Waals surface area contributed by atoms with E-state index < -0.39 is 0 Å². The zero-order valence-corrected chi connectivity index (χ0v) is 12.0. The maximum atomic E-state index is 13.5. The number of hydrogen-bond acceptors (Lipinski definition) is 3. The van der Waals surface area contributed by atoms with Crippen molar-refractivity contribution in [3.05, 3.63) is 65.2 Å². The van der Waals surface area contributed by atoms with E-state index in [0.29, 0.717) is 12.6 Å². The van der Waals surface area contributed by atoms with Gasteiger partial charge in [0.25, 0.3) is 0 Å². The van der Waals surface area contributed by atoms with Crippen LogP contribution in [0.4, 0.5) is 4.39 Å². The summed E-state index contributed by atoms with van der Waals surface area (Å²) in [6, 6.07) is 9.34. The van der Waals surface area contributed by atoms with E-state index >= 15 is 0 Å². The van der Waals surface area contributed by atoms with Gasteiger partial charge in [0, 0.05) is 31.5 Å². The highest BCUT2D eigenvalue weighted by molar-refractivity contribution is 5.28. The fraction of sp³-hybridized carbons (Fsp3) is 0.353. The largest absolute Gasteiger partial charge is 0.326 e. The van der Waals surface area contributed by atoms with Crippen LogP contribution in [0.3, 0.4) is 0 Å². The number of benzene rings is 1. The molecule has 3 rings (SSSR count). The summed E-state index contributed by atoms with van der Waals surface area (Å²) < 4.78 is 13.5. The number of nitrogens with two attached hydrogens (primary N) is 1. The quantitative estimate of drug-likeness (QED) is 0.939. The Kier molecular flexibility index (Phi) is 4.27. The van der Waals surface area contributed by atoms with Crippen molar-refractivity contribution in [3.63, 3.8) is 0 Å². The van der Waals surface area contributed by atoms with Crippen LogP contribution in [0.2, 0.25) is 0 Å². The molecule has 0 saturated carbocycles. The molecule has 2 N–H and O–H groups in total. The molecule has 0 spiro atoms. The van der Waals surface area contributed by atoms with Crippen LogP contribution in [-0.4, -0.2) is 16.4 Å². The van der Waals surface area contributed by atoms with Crippen molar-refractivity contribution in [2.45, 2.75) is 32.0 Å². The molecular weight excluding hydrogens is 265 g/mol. The van der Waals surface area contributed by atoms with Gasteiger partial charge in [0.05, 0.1) is 0 Å². The number of likely N-dealkylation sites (tertiary alicyclic amines) is 1. The SMILES string of the molecule is NCc1ccc(F)cc1CN1CCCC1c1cccnc1. The van der Waals surface area contributed by atoms with Crippen molar-refractivity contribution in [1.82, 2.24) is 9.88 Å². The minimum Gasteiger partial charge on any atom is -0.326 e. The molecule has 1 aromatic heterocycles. The van der Waals surface area contributed by atoms with Gasteiger partial charge in [-0.2, -0.15) is 0 Å². The number of pyridine rings is 1. The summed E-state index contributed by atoms with van der Waals surface area (Å²) in [5, 5.41) is 0. The van der Waals surface area contributed by atoms with Gasteiger partial charge in [0.2, 0.25) is 0 Å². The van der Waals surface area contributed by atoms with Crippen LogP contribution in [0, 0.1) is 5.82 Å². The molecule has 21 heavy (non-hydrogen) atoms. The minimum absolute atomic E-state index is 0.195. The second-order valence-corrected chi connectivity index (χ2v) is 5.53. The molecule has 1 unspecified atom stereocenters. The lowest BCUT2D eigenvalue weighted by molar-refractivity contribution is 0.247. The molecule has 1 atom stereocenters. The maximum Gasteiger partial charge on any atom is 0.123 e. The highest BCUT2D eigenvalue weighted by Gasteiger charge is 2.26. The monoisotopic (exact) mass is 285 g/mol. The lowest BCUT2D eigenvalue weighted by atomic mass is 10.0. The van der Waals surface area contributed by atoms with Gasteiger partial charge in [0.1, 0.15) is 5.82 Å². The molecule has 0 aliphatic carbocycles. The third-order valence-corrected chi connectivity index (χ3v) is 4.19. The molecule has 2 aromatic rings. The summed E-state index contributed by atoms with van der Waals surface area (Å²) in [7, 11) is 0. The van der Waals surface area contributed by atoms with E-state index in [1.165, 1.54) is 11.6 Å². The van der Waals surface area contributed by atoms with Crippen molar-refractivity contribution in [3.8, 4) is 0 Å². The van der Waals surface area contributed by atoms with E-state index in [9.17, 15) is 4.39 Å². The maximum absolute atomic E-state index is 13.5. The van der Waals surface area contributed by atoms with Gasteiger partial charge in [0.15, 0.2) is 0 Å². The average molecular weight is 285 g/mol. The van der Waals surface area contributed by atoms with E-state index in [4.69, 9.17) is 5.73 Å². The summed E-state index contributed by atoms with van der Waals surface area (Å²) in [5.41, 5.74) is 9.02. The first-order valence-electron chi connectivity index (χ1n) is 7.39. The predicted molar refractivity (Wildman–Crippen MR) is 80.9 cm³/mol. The van der Waals surface area contributed by atoms with Crippen LogP contribution < -0.4 is 5.73 Å². The number of nitrogens with zero attached hydrogens (tertiary/aromatic N) is 2. The zero-order valence-electron chi connectivity index (χ0n) is 12.0. The highest BCUT2D eigenvalue weighted by atomic mass is 19.1. The van der Waals surface area contributed by atoms with Crippen LogP contribution in [0.1, 0.15) is 35.6 Å². The van der Waals surface area contributed by atoms with Gasteiger partial charge in [-0.15, -0.1) is 0 Å². The molecule has 1 saturated heterocycles. The van der Waals surface area contributed by atoms with Gasteiger partial charge in [-0.25, -0.2) is 4.39 Å². The predicted octanol–water partition coefficient (Wildman–Crippen LogP) is 3.02. The van der Waals surface area contributed by atoms with E-state index in [0.717, 1.165) is 37.1 Å². The fourth-order valence-electron chi connectivity index (χ4n) is 3.13. The Morgan fingerprint density at radius 2 is 2.19 bits per heavy atom. The van der Waals surface area contributed by atoms with Crippen molar-refractivity contribution in [2.75, 3.05) is 6.54 Å². The van der Waals surface area contributed by atoms with Crippen molar-refractivity contribution >= 4 is 0 Å². The van der Waals surface area contributed by atoms with Crippen molar-refractivity contribution < 1.29 is 4.39 Å². The molecule has 110 valence electrons. The van der Waals surface area contributed by atoms with Crippen molar-refractivity contribution in [2.24, 2.45) is 5.73 Å². The average Bonchev–Trinajstić information content (AvgIpc) is 2.96. The van der Waals surface area contributed by atoms with Crippen LogP contribution >= 0.6 is 0 Å². The van der Waals surface area contributed by atoms with Gasteiger partial charge >= 0.3 is 0 Å². The summed E-state index contributed by atoms with van der Waals surface area (Å²) in [6.07, 6.45) is 6.01. The van der Waals surface area contributed by atoms with Crippen LogP contribution in [0.25, 0.3) is 0 Å². The third-order valence-electron chi connectivity index (χ3n) is 4.19. The van der Waals surface area contributed by atoms with Crippen LogP contribution in [-0.2, 0) is 13.1 Å². The Labute approximate surface area is 124 Å². The van der Waals surface area contributed by atoms with Crippen molar-refractivity contribution in [1.29, 1.82) is 0 Å². The Morgan fingerprint density at radius 3 is 2.95 bits per heavy atom. The summed E-state index contributed by atoms with van der Waals surface area (Å²) in [4.78, 5) is 6.61. The molecule has 1 fully saturated rings. The summed E-state index contributed by atoms with van der Waals surface area (Å²) in [6.45, 7) is 2.21. The second-order valence-electron chi connectivity index (χ2n) is 5.53. The summed E-state index contributed by atoms with van der Waals surface area (Å²) in [5.74, 6) is -0.195. The van der Waals surface area contributed by atoms with Gasteiger partial charge in [-0.05, 0) is 54.3 Å². The Bertz CT molecular complexity index is 600. The van der Waals surface area contributed by atoms with E-state index in [1.807, 2.05) is 12.3 Å². The zero-order chi connectivity index (χ0) is 14.7. The lowest BCUT2D eigenvalue weighted by Gasteiger charge is -2.25. The fourth-order valence-corrected chi connectivity index (χ4v) is 3.13. The van der Waals surface area contributed by atoms with Crippen LogP contribution in [0.5, 0.6) is 0 Å². The van der Waals surface area contributed by atoms with Crippen LogP contribution in [0.15, 0.2) is 42.7 Å². The molecular formula is C17H20FN3. The van der Waals surface area contributed by atoms with E-state index in [1.54, 1.807) is 18.3 Å². The molecule has 0 radical (unpaired) electrons. The van der Waals surface area contributed by atoms with Gasteiger partial charge < -0.3 is 5.73 Å². The third kappa shape index (κ3) is 3.12. The molecule has 2 heterocycles. The Balaban J connectivity index is 1.82. The van der Waals surface area contributed by atoms with Gasteiger partial charge in [-0.3, -0.25) is 9.88 Å². The first-order valence-corrected chi connectivity index (χ1v) is 7.39. The number of hydrogen-bond donors (Lipinski definition) is 1. The van der Waals surface area contributed by atoms with E-state index in [-0.39, 0.29) is 5.82 Å². The second kappa shape index (κ2) is 6.33. The van der Waals surface area contributed by atoms with Gasteiger partial charge in [-0.1, -0.05) is 12.1 Å². The first-order chi connectivity index (χ1) is 10.3. The molecule has 1 aliphatic rings. The Hall–Kier alpha value is -1.78. The topological polar surface area (TPSA) is 42.1 Å². The smallest absolute Gasteiger partial charge is 0.123 e. The standard InChI is InChI=1S/C17H20FN3/c18-16-6-5-13(10-19)15(9-16)12-21-8-2-4-17(21)14-3-1-7-20-11-14/h1,3,5-7,9,11,17H,2,4,8,10,12,19H2. The minimum atomic E-state index is -0.195. The Morgan fingerprint density at radius 1 is 1.29 bits per heavy atom. The normalized spacial score (nSPS) is 19.0. The molecule has 0 amide bonds. The number of halogens is 1. The molecule has 0 bridgehead atoms. The molecule has 1 aliphatic heterocycles. The summed E-state index contributed by atoms with van der Waals surface area (Å²) >= 11 is 0. The number of rotatable bonds is 4. The molecule has 3 nitrogen and oxygen atoms in total. The molecule has 4 heteroatoms.